The molecule has 0 aliphatic carbocycles. The summed E-state index contributed by atoms with van der Waals surface area (Å²) in [5, 5.41) is 0. The first-order chi connectivity index (χ1) is 17.2. The maximum absolute atomic E-state index is 11.4. The Hall–Kier alpha value is -3.54. The van der Waals surface area contributed by atoms with Crippen LogP contribution in [0.15, 0.2) is 60.7 Å². The first-order valence-electron chi connectivity index (χ1n) is 12.2. The summed E-state index contributed by atoms with van der Waals surface area (Å²) >= 11 is 0. The Morgan fingerprint density at radius 3 is 1.25 bits per heavy atom. The highest BCUT2D eigenvalue weighted by atomic mass is 16.5. The fraction of sp³-hybridized carbons (Fsp3) is 0.400. The molecule has 2 rings (SSSR count). The number of carbonyl (C=O) groups excluding carboxylic acids is 2. The van der Waals surface area contributed by atoms with E-state index in [-0.39, 0.29) is 11.9 Å². The molecule has 0 fully saturated rings. The molecule has 196 valence electrons. The quantitative estimate of drug-likeness (QED) is 0.244. The van der Waals surface area contributed by atoms with Gasteiger partial charge in [-0.15, -0.1) is 0 Å². The monoisotopic (exact) mass is 496 g/mol. The van der Waals surface area contributed by atoms with Gasteiger partial charge in [-0.05, 0) is 72.2 Å². The summed E-state index contributed by atoms with van der Waals surface area (Å²) in [5.41, 5.74) is 1.88. The van der Waals surface area contributed by atoms with Gasteiger partial charge in [-0.1, -0.05) is 52.0 Å². The number of rotatable bonds is 12. The minimum absolute atomic E-state index is 0.300. The molecule has 0 heterocycles. The van der Waals surface area contributed by atoms with Crippen molar-refractivity contribution in [2.45, 2.75) is 40.5 Å². The fourth-order valence-electron chi connectivity index (χ4n) is 2.65. The highest BCUT2D eigenvalue weighted by Crippen LogP contribution is 2.13. The lowest BCUT2D eigenvalue weighted by Gasteiger charge is -2.04. The standard InChI is InChI=1S/2C15H20O3/c2*1-12(2)10-11-18-15(16)9-6-13-4-7-14(17-3)8-5-13/h2*4-9,12H,10-11H2,1-3H3/b9-6+;. The summed E-state index contributed by atoms with van der Waals surface area (Å²) in [6.45, 7) is 9.34. The van der Waals surface area contributed by atoms with Crippen molar-refractivity contribution in [3.05, 3.63) is 71.8 Å². The van der Waals surface area contributed by atoms with Crippen molar-refractivity contribution >= 4 is 24.1 Å². The van der Waals surface area contributed by atoms with Gasteiger partial charge >= 0.3 is 11.9 Å². The van der Waals surface area contributed by atoms with Crippen LogP contribution in [-0.2, 0) is 19.1 Å². The predicted molar refractivity (Wildman–Crippen MR) is 145 cm³/mol. The molecular weight excluding hydrogens is 456 g/mol. The van der Waals surface area contributed by atoms with Crippen LogP contribution in [0.2, 0.25) is 0 Å². The van der Waals surface area contributed by atoms with E-state index in [0.29, 0.717) is 25.0 Å². The van der Waals surface area contributed by atoms with E-state index in [4.69, 9.17) is 18.9 Å². The molecule has 0 atom stereocenters. The van der Waals surface area contributed by atoms with Gasteiger partial charge in [-0.25, -0.2) is 9.59 Å². The summed E-state index contributed by atoms with van der Waals surface area (Å²) in [5.74, 6) is 2.09. The SMILES string of the molecule is COc1ccc(/C=C/C(=O)OCCC(C)C)cc1.COc1ccc(C=CC(=O)OCCC(C)C)cc1. The van der Waals surface area contributed by atoms with Crippen molar-refractivity contribution in [3.8, 4) is 11.5 Å². The Morgan fingerprint density at radius 2 is 0.972 bits per heavy atom. The van der Waals surface area contributed by atoms with Crippen LogP contribution in [0.4, 0.5) is 0 Å². The third-order valence-corrected chi connectivity index (χ3v) is 4.93. The summed E-state index contributed by atoms with van der Waals surface area (Å²) in [6, 6.07) is 14.9. The van der Waals surface area contributed by atoms with Crippen molar-refractivity contribution in [3.63, 3.8) is 0 Å². The highest BCUT2D eigenvalue weighted by Gasteiger charge is 2.00. The molecule has 0 saturated heterocycles. The van der Waals surface area contributed by atoms with Crippen LogP contribution < -0.4 is 9.47 Å². The second-order valence-corrected chi connectivity index (χ2v) is 8.91. The number of esters is 2. The molecule has 0 unspecified atom stereocenters. The second-order valence-electron chi connectivity index (χ2n) is 8.91. The molecule has 0 amide bonds. The van der Waals surface area contributed by atoms with Crippen LogP contribution in [0.5, 0.6) is 11.5 Å². The normalized spacial score (nSPS) is 10.9. The van der Waals surface area contributed by atoms with E-state index in [2.05, 4.69) is 27.7 Å². The molecule has 0 radical (unpaired) electrons. The molecule has 0 aliphatic heterocycles. The molecule has 0 N–H and O–H groups in total. The number of hydrogen-bond donors (Lipinski definition) is 0. The van der Waals surface area contributed by atoms with E-state index in [1.54, 1.807) is 26.4 Å². The zero-order valence-corrected chi connectivity index (χ0v) is 22.4. The third kappa shape index (κ3) is 14.7. The van der Waals surface area contributed by atoms with Crippen LogP contribution in [0.1, 0.15) is 51.7 Å². The average molecular weight is 497 g/mol. The number of methoxy groups -OCH3 is 2. The number of carbonyl (C=O) groups is 2. The topological polar surface area (TPSA) is 71.1 Å². The van der Waals surface area contributed by atoms with E-state index in [1.165, 1.54) is 12.2 Å². The van der Waals surface area contributed by atoms with Gasteiger partial charge in [-0.2, -0.15) is 0 Å². The van der Waals surface area contributed by atoms with Crippen LogP contribution in [-0.4, -0.2) is 39.4 Å². The molecule has 6 nitrogen and oxygen atoms in total. The molecule has 0 aromatic heterocycles. The Bertz CT molecular complexity index is 861. The highest BCUT2D eigenvalue weighted by molar-refractivity contribution is 5.87. The lowest BCUT2D eigenvalue weighted by molar-refractivity contribution is -0.138. The molecule has 36 heavy (non-hydrogen) atoms. The van der Waals surface area contributed by atoms with E-state index < -0.39 is 0 Å². The van der Waals surface area contributed by atoms with E-state index in [9.17, 15) is 9.59 Å². The van der Waals surface area contributed by atoms with Crippen LogP contribution in [0.25, 0.3) is 12.2 Å². The van der Waals surface area contributed by atoms with Crippen LogP contribution in [0, 0.1) is 11.8 Å². The van der Waals surface area contributed by atoms with E-state index >= 15 is 0 Å². The van der Waals surface area contributed by atoms with E-state index in [1.807, 2.05) is 48.5 Å². The van der Waals surface area contributed by atoms with Crippen molar-refractivity contribution in [1.82, 2.24) is 0 Å². The average Bonchev–Trinajstić information content (AvgIpc) is 2.87. The smallest absolute Gasteiger partial charge is 0.330 e. The molecule has 0 saturated carbocycles. The summed E-state index contributed by atoms with van der Waals surface area (Å²) in [6.07, 6.45) is 8.14. The van der Waals surface area contributed by atoms with Gasteiger partial charge in [-0.3, -0.25) is 0 Å². The molecular formula is C30H40O6. The van der Waals surface area contributed by atoms with Crippen molar-refractivity contribution in [2.24, 2.45) is 11.8 Å². The number of ether oxygens (including phenoxy) is 4. The maximum Gasteiger partial charge on any atom is 0.330 e. The fourth-order valence-corrected chi connectivity index (χ4v) is 2.65. The largest absolute Gasteiger partial charge is 0.497 e. The zero-order chi connectivity index (χ0) is 26.8. The van der Waals surface area contributed by atoms with Gasteiger partial charge in [0.2, 0.25) is 0 Å². The molecule has 0 aliphatic rings. The van der Waals surface area contributed by atoms with Gasteiger partial charge in [0.15, 0.2) is 0 Å². The van der Waals surface area contributed by atoms with Gasteiger partial charge in [0.05, 0.1) is 27.4 Å². The Balaban J connectivity index is 0.000000360. The van der Waals surface area contributed by atoms with Crippen LogP contribution in [0.3, 0.4) is 0 Å². The van der Waals surface area contributed by atoms with E-state index in [0.717, 1.165) is 35.5 Å². The summed E-state index contributed by atoms with van der Waals surface area (Å²) < 4.78 is 20.2. The Labute approximate surface area is 215 Å². The first-order valence-corrected chi connectivity index (χ1v) is 12.2. The number of benzene rings is 2. The molecule has 0 spiro atoms. The van der Waals surface area contributed by atoms with Crippen molar-refractivity contribution in [1.29, 1.82) is 0 Å². The lowest BCUT2D eigenvalue weighted by Crippen LogP contribution is -2.04. The molecule has 0 bridgehead atoms. The Kier molecular flexibility index (Phi) is 15.1. The van der Waals surface area contributed by atoms with Gasteiger partial charge in [0.25, 0.3) is 0 Å². The lowest BCUT2D eigenvalue weighted by atomic mass is 10.1. The maximum atomic E-state index is 11.4. The minimum atomic E-state index is -0.300. The van der Waals surface area contributed by atoms with Gasteiger partial charge < -0.3 is 18.9 Å². The van der Waals surface area contributed by atoms with Crippen LogP contribution >= 0.6 is 0 Å². The second kappa shape index (κ2) is 17.8. The van der Waals surface area contributed by atoms with Crippen molar-refractivity contribution in [2.75, 3.05) is 27.4 Å². The Morgan fingerprint density at radius 1 is 0.639 bits per heavy atom. The summed E-state index contributed by atoms with van der Waals surface area (Å²) in [4.78, 5) is 22.8. The zero-order valence-electron chi connectivity index (χ0n) is 22.4. The minimum Gasteiger partial charge on any atom is -0.497 e. The molecule has 2 aromatic rings. The molecule has 6 heteroatoms. The third-order valence-electron chi connectivity index (χ3n) is 4.93. The van der Waals surface area contributed by atoms with Crippen molar-refractivity contribution < 1.29 is 28.5 Å². The first kappa shape index (κ1) is 30.5. The summed E-state index contributed by atoms with van der Waals surface area (Å²) in [7, 11) is 3.24. The van der Waals surface area contributed by atoms with Gasteiger partial charge in [0, 0.05) is 12.2 Å². The van der Waals surface area contributed by atoms with Gasteiger partial charge in [0.1, 0.15) is 11.5 Å². The number of hydrogen-bond acceptors (Lipinski definition) is 6. The molecule has 2 aromatic carbocycles. The predicted octanol–water partition coefficient (Wildman–Crippen LogP) is 6.60.